The Morgan fingerprint density at radius 3 is 2.70 bits per heavy atom. The number of carbonyl (C=O) groups excluding carboxylic acids is 1. The van der Waals surface area contributed by atoms with Gasteiger partial charge in [0.25, 0.3) is 0 Å². The Kier molecular flexibility index (Phi) is 3.99. The van der Waals surface area contributed by atoms with Crippen LogP contribution in [-0.2, 0) is 0 Å². The maximum absolute atomic E-state index is 12.0. The average Bonchev–Trinajstić information content (AvgIpc) is 2.43. The summed E-state index contributed by atoms with van der Waals surface area (Å²) in [5.41, 5.74) is 0.548. The highest BCUT2D eigenvalue weighted by molar-refractivity contribution is 5.67. The van der Waals surface area contributed by atoms with Crippen molar-refractivity contribution in [3.63, 3.8) is 0 Å². The molecule has 1 aromatic heterocycles. The fourth-order valence-corrected chi connectivity index (χ4v) is 1.69. The van der Waals surface area contributed by atoms with Gasteiger partial charge in [-0.25, -0.2) is 9.94 Å². The molecule has 3 N–H and O–H groups in total. The highest BCUT2D eigenvalue weighted by Crippen LogP contribution is 2.04. The third kappa shape index (κ3) is 2.94. The molecule has 0 saturated carbocycles. The number of anilines is 1. The van der Waals surface area contributed by atoms with E-state index in [0.717, 1.165) is 0 Å². The molecule has 0 fully saturated rings. The molecule has 106 valence electrons. The zero-order chi connectivity index (χ0) is 14.5. The van der Waals surface area contributed by atoms with Crippen molar-refractivity contribution in [1.82, 2.24) is 10.4 Å². The first-order chi connectivity index (χ1) is 9.59. The third-order valence-electron chi connectivity index (χ3n) is 2.60. The minimum atomic E-state index is -1.35. The van der Waals surface area contributed by atoms with E-state index in [0.29, 0.717) is 22.5 Å². The Hall–Kier alpha value is -2.84. The summed E-state index contributed by atoms with van der Waals surface area (Å²) < 4.78 is 0.564. The van der Waals surface area contributed by atoms with Gasteiger partial charge < -0.3 is 20.4 Å². The van der Waals surface area contributed by atoms with Crippen LogP contribution in [0.2, 0.25) is 0 Å². The largest absolute Gasteiger partial charge is 0.739 e. The predicted molar refractivity (Wildman–Crippen MR) is 64.6 cm³/mol. The van der Waals surface area contributed by atoms with Crippen molar-refractivity contribution in [2.45, 2.75) is 6.42 Å². The van der Waals surface area contributed by atoms with Crippen LogP contribution in [0.5, 0.6) is 0 Å². The lowest BCUT2D eigenvalue weighted by atomic mass is 10.3. The number of amides is 1. The van der Waals surface area contributed by atoms with E-state index in [-0.39, 0.29) is 23.5 Å². The van der Waals surface area contributed by atoms with Crippen LogP contribution in [0.1, 0.15) is 6.42 Å². The zero-order valence-corrected chi connectivity index (χ0v) is 10.4. The van der Waals surface area contributed by atoms with E-state index in [1.54, 1.807) is 24.3 Å². The summed E-state index contributed by atoms with van der Waals surface area (Å²) in [7, 11) is 0. The molecule has 0 aliphatic heterocycles. The van der Waals surface area contributed by atoms with Crippen LogP contribution in [0.3, 0.4) is 0 Å². The number of fused-ring (bicyclic) bond motifs is 1. The smallest absolute Gasteiger partial charge is 0.464 e. The number of aromatic nitrogens is 3. The minimum absolute atomic E-state index is 0.0698. The summed E-state index contributed by atoms with van der Waals surface area (Å²) in [4.78, 5) is 10.7. The Bertz CT molecular complexity index is 633. The van der Waals surface area contributed by atoms with Crippen LogP contribution >= 0.6 is 0 Å². The summed E-state index contributed by atoms with van der Waals surface area (Å²) in [6.45, 7) is 0.509. The summed E-state index contributed by atoms with van der Waals surface area (Å²) >= 11 is 0. The van der Waals surface area contributed by atoms with Crippen LogP contribution in [0.25, 0.3) is 11.0 Å². The first kappa shape index (κ1) is 13.6. The first-order valence-corrected chi connectivity index (χ1v) is 5.92. The molecule has 9 heteroatoms. The Morgan fingerprint density at radius 1 is 1.30 bits per heavy atom. The number of carboxylic acid groups (broad SMARTS) is 1. The number of benzene rings is 1. The lowest BCUT2D eigenvalue weighted by molar-refractivity contribution is -0.933. The van der Waals surface area contributed by atoms with E-state index in [1.165, 1.54) is 0 Å². The van der Waals surface area contributed by atoms with Crippen LogP contribution in [-0.4, -0.2) is 29.5 Å². The number of nitrogens with zero attached hydrogens (tertiary/aromatic N) is 3. The summed E-state index contributed by atoms with van der Waals surface area (Å²) in [6, 6.07) is 6.46. The molecule has 0 atom stereocenters. The molecule has 0 aliphatic carbocycles. The van der Waals surface area contributed by atoms with Crippen molar-refractivity contribution in [2.24, 2.45) is 0 Å². The molecule has 1 heterocycles. The van der Waals surface area contributed by atoms with Gasteiger partial charge in [0.15, 0.2) is 5.52 Å². The van der Waals surface area contributed by atoms with Gasteiger partial charge in [-0.1, -0.05) is 12.1 Å². The van der Waals surface area contributed by atoms with Crippen molar-refractivity contribution < 1.29 is 24.7 Å². The molecule has 0 bridgehead atoms. The molecule has 0 radical (unpaired) electrons. The van der Waals surface area contributed by atoms with Gasteiger partial charge in [-0.2, -0.15) is 0 Å². The van der Waals surface area contributed by atoms with Gasteiger partial charge >= 0.3 is 11.5 Å². The van der Waals surface area contributed by atoms with Crippen LogP contribution in [0.15, 0.2) is 24.3 Å². The van der Waals surface area contributed by atoms with E-state index in [1.807, 2.05) is 0 Å². The van der Waals surface area contributed by atoms with Crippen LogP contribution in [0, 0.1) is 5.21 Å². The zero-order valence-electron chi connectivity index (χ0n) is 10.4. The number of hydrogen-bond donors (Lipinski definition) is 3. The molecular formula is C11H13N5O4. The van der Waals surface area contributed by atoms with Gasteiger partial charge in [-0.3, -0.25) is 5.32 Å². The molecular weight excluding hydrogens is 266 g/mol. The maximum Gasteiger partial charge on any atom is 0.464 e. The topological polar surface area (TPSA) is 128 Å². The summed E-state index contributed by atoms with van der Waals surface area (Å²) in [5.74, 6) is -0.0698. The van der Waals surface area contributed by atoms with Gasteiger partial charge in [-0.15, -0.1) is 0 Å². The Morgan fingerprint density at radius 2 is 2.00 bits per heavy atom. The average molecular weight is 279 g/mol. The second-order valence-corrected chi connectivity index (χ2v) is 3.99. The minimum Gasteiger partial charge on any atom is -0.739 e. The molecule has 20 heavy (non-hydrogen) atoms. The quantitative estimate of drug-likeness (QED) is 0.254. The van der Waals surface area contributed by atoms with Crippen molar-refractivity contribution in [3.8, 4) is 0 Å². The molecule has 2 aromatic rings. The summed E-state index contributed by atoms with van der Waals surface area (Å²) in [5, 5.41) is 40.3. The van der Waals surface area contributed by atoms with Crippen molar-refractivity contribution >= 4 is 23.1 Å². The van der Waals surface area contributed by atoms with Crippen LogP contribution < -0.4 is 25.3 Å². The van der Waals surface area contributed by atoms with E-state index >= 15 is 0 Å². The molecule has 0 saturated heterocycles. The number of para-hydroxylation sites is 2. The monoisotopic (exact) mass is 279 g/mol. The van der Waals surface area contributed by atoms with Crippen LogP contribution in [0.4, 0.5) is 10.7 Å². The van der Waals surface area contributed by atoms with E-state index in [4.69, 9.17) is 0 Å². The number of rotatable bonds is 5. The SMILES string of the molecule is O=C([O-])NCCCNc1n[n+](O)c2ccccc2[n+]1[O-]. The van der Waals surface area contributed by atoms with Crippen molar-refractivity contribution in [1.29, 1.82) is 0 Å². The molecule has 1 amide bonds. The van der Waals surface area contributed by atoms with Gasteiger partial charge in [0.1, 0.15) is 6.09 Å². The summed E-state index contributed by atoms with van der Waals surface area (Å²) in [6.07, 6.45) is -0.908. The van der Waals surface area contributed by atoms with Crippen molar-refractivity contribution in [3.05, 3.63) is 29.5 Å². The lowest BCUT2D eigenvalue weighted by Gasteiger charge is -2.08. The Labute approximate surface area is 113 Å². The fourth-order valence-electron chi connectivity index (χ4n) is 1.69. The molecule has 0 aliphatic rings. The fraction of sp³-hybridized carbons (Fsp3) is 0.273. The first-order valence-electron chi connectivity index (χ1n) is 5.92. The second-order valence-electron chi connectivity index (χ2n) is 3.99. The number of hydrogen-bond acceptors (Lipinski definition) is 6. The van der Waals surface area contributed by atoms with Gasteiger partial charge in [0, 0.05) is 12.6 Å². The molecule has 0 unspecified atom stereocenters. The lowest BCUT2D eigenvalue weighted by Crippen LogP contribution is -2.46. The second kappa shape index (κ2) is 5.87. The molecule has 1 aromatic carbocycles. The molecule has 9 nitrogen and oxygen atoms in total. The molecule has 2 rings (SSSR count). The van der Waals surface area contributed by atoms with E-state index in [9.17, 15) is 20.3 Å². The van der Waals surface area contributed by atoms with Crippen molar-refractivity contribution in [2.75, 3.05) is 18.4 Å². The van der Waals surface area contributed by atoms with Gasteiger partial charge in [-0.05, 0) is 12.5 Å². The Balaban J connectivity index is 2.07. The number of nitrogens with one attached hydrogen (secondary N) is 2. The van der Waals surface area contributed by atoms with E-state index < -0.39 is 6.09 Å². The predicted octanol–water partition coefficient (Wildman–Crippen LogP) is -1.87. The standard InChI is InChI=1S/C11H13N5O4/c17-11(18)13-7-3-6-12-10-14-16(20)9-5-2-1-4-8(9)15(10)19/h1-2,4-5,13H,3,6-7H2,(H2-,12,14,17,18,20). The molecule has 0 spiro atoms. The van der Waals surface area contributed by atoms with Gasteiger partial charge in [0.2, 0.25) is 9.94 Å². The third-order valence-corrected chi connectivity index (χ3v) is 2.60. The highest BCUT2D eigenvalue weighted by atomic mass is 16.5. The van der Waals surface area contributed by atoms with Gasteiger partial charge in [0.05, 0.1) is 6.54 Å². The normalized spacial score (nSPS) is 10.4. The number of carbonyl (C=O) groups is 1. The maximum atomic E-state index is 12.0. The highest BCUT2D eigenvalue weighted by Gasteiger charge is 2.22. The van der Waals surface area contributed by atoms with E-state index in [2.05, 4.69) is 15.7 Å².